The largest absolute Gasteiger partial charge is 0.504 e. The Morgan fingerprint density at radius 2 is 1.60 bits per heavy atom. The van der Waals surface area contributed by atoms with Gasteiger partial charge in [-0.05, 0) is 35.7 Å². The molecule has 2 aromatic carbocycles. The van der Waals surface area contributed by atoms with Crippen molar-refractivity contribution in [3.63, 3.8) is 0 Å². The maximum atomic E-state index is 12.6. The molecule has 3 rings (SSSR count). The lowest BCUT2D eigenvalue weighted by atomic mass is 9.96. The van der Waals surface area contributed by atoms with E-state index in [-0.39, 0.29) is 17.8 Å². The number of methoxy groups -OCH3 is 3. The fourth-order valence-corrected chi connectivity index (χ4v) is 3.15. The van der Waals surface area contributed by atoms with E-state index in [1.807, 2.05) is 6.07 Å². The molecule has 6 heteroatoms. The summed E-state index contributed by atoms with van der Waals surface area (Å²) in [5, 5.41) is 9.75. The number of ketones is 1. The van der Waals surface area contributed by atoms with E-state index in [4.69, 9.17) is 14.2 Å². The Labute approximate surface area is 144 Å². The molecule has 2 aromatic rings. The molecule has 0 atom stereocenters. The number of Topliss-reactive ketones (excluding diaryl/α,β-unsaturated/α-hetero) is 1. The fraction of sp³-hybridized carbons (Fsp3) is 0.263. The number of carbonyl (C=O) groups excluding carboxylic acids is 1. The minimum atomic E-state index is -0.600. The van der Waals surface area contributed by atoms with E-state index in [9.17, 15) is 14.7 Å². The van der Waals surface area contributed by atoms with Gasteiger partial charge >= 0.3 is 0 Å². The number of rotatable bonds is 3. The minimum absolute atomic E-state index is 0.168. The average molecular weight is 342 g/mol. The first-order chi connectivity index (χ1) is 12.0. The molecule has 1 N–H and O–H groups in total. The van der Waals surface area contributed by atoms with E-state index in [0.717, 1.165) is 5.56 Å². The number of aromatic hydroxyl groups is 1. The summed E-state index contributed by atoms with van der Waals surface area (Å²) < 4.78 is 16.4. The van der Waals surface area contributed by atoms with Crippen LogP contribution in [0.1, 0.15) is 22.3 Å². The van der Waals surface area contributed by atoms with Gasteiger partial charge in [-0.1, -0.05) is 0 Å². The van der Waals surface area contributed by atoms with Gasteiger partial charge in [0.2, 0.25) is 11.2 Å². The normalized spacial score (nSPS) is 12.7. The molecule has 0 fully saturated rings. The molecule has 1 aliphatic rings. The molecule has 0 aliphatic heterocycles. The van der Waals surface area contributed by atoms with Crippen molar-refractivity contribution >= 4 is 5.78 Å². The monoisotopic (exact) mass is 342 g/mol. The third-order valence-electron chi connectivity index (χ3n) is 4.33. The average Bonchev–Trinajstić information content (AvgIpc) is 2.84. The van der Waals surface area contributed by atoms with Gasteiger partial charge in [0.05, 0.1) is 21.3 Å². The van der Waals surface area contributed by atoms with Gasteiger partial charge in [0.1, 0.15) is 0 Å². The van der Waals surface area contributed by atoms with Crippen LogP contribution in [0.2, 0.25) is 0 Å². The highest BCUT2D eigenvalue weighted by Gasteiger charge is 2.27. The lowest BCUT2D eigenvalue weighted by molar-refractivity contribution is 0.0984. The van der Waals surface area contributed by atoms with E-state index >= 15 is 0 Å². The van der Waals surface area contributed by atoms with E-state index in [2.05, 4.69) is 0 Å². The van der Waals surface area contributed by atoms with E-state index < -0.39 is 11.2 Å². The number of benzene rings is 1. The fourth-order valence-electron chi connectivity index (χ4n) is 3.15. The highest BCUT2D eigenvalue weighted by molar-refractivity contribution is 6.05. The van der Waals surface area contributed by atoms with Crippen LogP contribution in [-0.2, 0) is 6.42 Å². The molecule has 0 aromatic heterocycles. The zero-order valence-electron chi connectivity index (χ0n) is 14.2. The predicted octanol–water partition coefficient (Wildman–Crippen LogP) is 2.57. The Hall–Kier alpha value is -3.02. The Morgan fingerprint density at radius 3 is 2.24 bits per heavy atom. The first-order valence-electron chi connectivity index (χ1n) is 7.74. The van der Waals surface area contributed by atoms with E-state index in [1.54, 1.807) is 6.07 Å². The third kappa shape index (κ3) is 2.69. The van der Waals surface area contributed by atoms with Gasteiger partial charge in [-0.15, -0.1) is 0 Å². The highest BCUT2D eigenvalue weighted by atomic mass is 16.5. The first-order valence-corrected chi connectivity index (χ1v) is 7.74. The Balaban J connectivity index is 2.47. The molecule has 0 spiro atoms. The Morgan fingerprint density at radius 1 is 0.880 bits per heavy atom. The van der Waals surface area contributed by atoms with Gasteiger partial charge in [-0.3, -0.25) is 9.59 Å². The van der Waals surface area contributed by atoms with Gasteiger partial charge in [0.15, 0.2) is 23.0 Å². The van der Waals surface area contributed by atoms with Crippen LogP contribution in [0.4, 0.5) is 0 Å². The standard InChI is InChI=1S/C19H18O6/c1-23-16-8-10-4-6-13(20)12-9-15(22)14(21)7-5-11(12)17(10)19(25-3)18(16)24-2/h5,7-9H,4,6H2,1-3H3,(H,21,22). The number of hydrogen-bond acceptors (Lipinski definition) is 6. The quantitative estimate of drug-likeness (QED) is 0.923. The molecule has 0 unspecified atom stereocenters. The molecule has 130 valence electrons. The van der Waals surface area contributed by atoms with Crippen LogP contribution in [0.25, 0.3) is 11.1 Å². The van der Waals surface area contributed by atoms with Crippen molar-refractivity contribution in [1.29, 1.82) is 0 Å². The van der Waals surface area contributed by atoms with Gasteiger partial charge in [-0.25, -0.2) is 0 Å². The van der Waals surface area contributed by atoms with Gasteiger partial charge in [0.25, 0.3) is 0 Å². The first kappa shape index (κ1) is 16.8. The molecule has 1 aliphatic carbocycles. The van der Waals surface area contributed by atoms with Crippen LogP contribution >= 0.6 is 0 Å². The number of aryl methyl sites for hydroxylation is 1. The van der Waals surface area contributed by atoms with Crippen LogP contribution in [0.5, 0.6) is 23.0 Å². The Kier molecular flexibility index (Phi) is 4.35. The minimum Gasteiger partial charge on any atom is -0.504 e. The predicted molar refractivity (Wildman–Crippen MR) is 92.1 cm³/mol. The summed E-state index contributed by atoms with van der Waals surface area (Å²) in [6.45, 7) is 0. The number of carbonyl (C=O) groups is 1. The zero-order chi connectivity index (χ0) is 18.1. The summed E-state index contributed by atoms with van der Waals surface area (Å²) in [6.07, 6.45) is 0.715. The lowest BCUT2D eigenvalue weighted by Gasteiger charge is -2.18. The number of hydrogen-bond donors (Lipinski definition) is 1. The van der Waals surface area contributed by atoms with Crippen LogP contribution in [0.15, 0.2) is 29.1 Å². The maximum absolute atomic E-state index is 12.6. The second kappa shape index (κ2) is 6.47. The van der Waals surface area contributed by atoms with Crippen LogP contribution < -0.4 is 19.6 Å². The maximum Gasteiger partial charge on any atom is 0.220 e. The van der Waals surface area contributed by atoms with Crippen molar-refractivity contribution in [2.24, 2.45) is 0 Å². The summed E-state index contributed by atoms with van der Waals surface area (Å²) in [7, 11) is 4.53. The molecule has 0 saturated carbocycles. The summed E-state index contributed by atoms with van der Waals surface area (Å²) >= 11 is 0. The lowest BCUT2D eigenvalue weighted by Crippen LogP contribution is -2.03. The zero-order valence-corrected chi connectivity index (χ0v) is 14.2. The number of ether oxygens (including phenoxy) is 3. The smallest absolute Gasteiger partial charge is 0.220 e. The SMILES string of the molecule is COc1cc2c(c(OC)c1OC)-c1ccc(O)c(=O)cc1C(=O)CC2. The van der Waals surface area contributed by atoms with E-state index in [1.165, 1.54) is 33.5 Å². The number of fused-ring (bicyclic) bond motifs is 3. The Bertz CT molecular complexity index is 917. The molecule has 0 amide bonds. The third-order valence-corrected chi connectivity index (χ3v) is 4.33. The topological polar surface area (TPSA) is 82.1 Å². The molecule has 25 heavy (non-hydrogen) atoms. The second-order valence-corrected chi connectivity index (χ2v) is 5.66. The molecule has 0 radical (unpaired) electrons. The van der Waals surface area contributed by atoms with Crippen LogP contribution in [-0.4, -0.2) is 32.2 Å². The van der Waals surface area contributed by atoms with Crippen molar-refractivity contribution in [2.45, 2.75) is 12.8 Å². The van der Waals surface area contributed by atoms with Crippen molar-refractivity contribution < 1.29 is 24.1 Å². The molecular formula is C19H18O6. The molecule has 0 bridgehead atoms. The van der Waals surface area contributed by atoms with E-state index in [0.29, 0.717) is 34.8 Å². The summed E-state index contributed by atoms with van der Waals surface area (Å²) in [4.78, 5) is 24.5. The molecule has 0 saturated heterocycles. The van der Waals surface area contributed by atoms with Crippen LogP contribution in [0, 0.1) is 0 Å². The van der Waals surface area contributed by atoms with Crippen LogP contribution in [0.3, 0.4) is 0 Å². The summed E-state index contributed by atoms with van der Waals surface area (Å²) in [5.74, 6) is 0.746. The summed E-state index contributed by atoms with van der Waals surface area (Å²) in [6, 6.07) is 5.84. The second-order valence-electron chi connectivity index (χ2n) is 5.66. The summed E-state index contributed by atoms with van der Waals surface area (Å²) in [5.41, 5.74) is 1.69. The molecule has 0 heterocycles. The highest BCUT2D eigenvalue weighted by Crippen LogP contribution is 2.48. The van der Waals surface area contributed by atoms with Gasteiger partial charge in [-0.2, -0.15) is 0 Å². The van der Waals surface area contributed by atoms with Gasteiger partial charge in [0, 0.05) is 23.6 Å². The molecule has 6 nitrogen and oxygen atoms in total. The van der Waals surface area contributed by atoms with Crippen molar-refractivity contribution in [3.8, 4) is 34.1 Å². The molecular weight excluding hydrogens is 324 g/mol. The van der Waals surface area contributed by atoms with Gasteiger partial charge < -0.3 is 19.3 Å². The van der Waals surface area contributed by atoms with Crippen molar-refractivity contribution in [3.05, 3.63) is 45.6 Å². The van der Waals surface area contributed by atoms with Crippen molar-refractivity contribution in [1.82, 2.24) is 0 Å². The van der Waals surface area contributed by atoms with Crippen molar-refractivity contribution in [2.75, 3.05) is 21.3 Å².